The Morgan fingerprint density at radius 1 is 0.870 bits per heavy atom. The van der Waals surface area contributed by atoms with Crippen LogP contribution in [0, 0.1) is 10.1 Å². The molecule has 0 unspecified atom stereocenters. The molecule has 0 fully saturated rings. The molecule has 114 valence electrons. The second kappa shape index (κ2) is 6.50. The highest BCUT2D eigenvalue weighted by Gasteiger charge is 2.13. The number of hydrogen-bond donors (Lipinski definition) is 1. The summed E-state index contributed by atoms with van der Waals surface area (Å²) in [5, 5.41) is 14.5. The molecule has 0 saturated carbocycles. The first kappa shape index (κ1) is 15.1. The molecule has 0 radical (unpaired) electrons. The predicted octanol–water partition coefficient (Wildman–Crippen LogP) is 5.66. The van der Waals surface area contributed by atoms with Crippen LogP contribution < -0.4 is 5.32 Å². The Hall–Kier alpha value is -2.85. The van der Waals surface area contributed by atoms with Crippen molar-refractivity contribution >= 4 is 28.7 Å². The quantitative estimate of drug-likeness (QED) is 0.497. The molecule has 0 aliphatic carbocycles. The second-order valence-electron chi connectivity index (χ2n) is 4.96. The highest BCUT2D eigenvalue weighted by atomic mass is 35.5. The maximum atomic E-state index is 10.8. The van der Waals surface area contributed by atoms with Crippen molar-refractivity contribution in [3.05, 3.63) is 87.9 Å². The van der Waals surface area contributed by atoms with E-state index in [4.69, 9.17) is 11.6 Å². The van der Waals surface area contributed by atoms with Gasteiger partial charge in [-0.2, -0.15) is 0 Å². The van der Waals surface area contributed by atoms with Crippen LogP contribution in [0.3, 0.4) is 0 Å². The Balaban J connectivity index is 2.02. The first-order valence-electron chi connectivity index (χ1n) is 7.00. The summed E-state index contributed by atoms with van der Waals surface area (Å²) in [6.07, 6.45) is 0. The largest absolute Gasteiger partial charge is 0.355 e. The van der Waals surface area contributed by atoms with Gasteiger partial charge in [-0.1, -0.05) is 48.0 Å². The third-order valence-electron chi connectivity index (χ3n) is 3.43. The van der Waals surface area contributed by atoms with Gasteiger partial charge in [0.1, 0.15) is 0 Å². The lowest BCUT2D eigenvalue weighted by Gasteiger charge is -2.13. The molecule has 1 N–H and O–H groups in total. The number of nitro groups is 1. The van der Waals surface area contributed by atoms with Crippen molar-refractivity contribution in [1.29, 1.82) is 0 Å². The molecule has 23 heavy (non-hydrogen) atoms. The fraction of sp³-hybridized carbons (Fsp3) is 0. The van der Waals surface area contributed by atoms with Crippen molar-refractivity contribution in [1.82, 2.24) is 0 Å². The summed E-state index contributed by atoms with van der Waals surface area (Å²) in [6, 6.07) is 22.0. The van der Waals surface area contributed by atoms with E-state index in [2.05, 4.69) is 5.32 Å². The highest BCUT2D eigenvalue weighted by Crippen LogP contribution is 2.36. The maximum Gasteiger partial charge on any atom is 0.270 e. The van der Waals surface area contributed by atoms with Gasteiger partial charge in [-0.15, -0.1) is 0 Å². The molecule has 0 saturated heterocycles. The fourth-order valence-electron chi connectivity index (χ4n) is 2.34. The number of non-ortho nitro benzene ring substituents is 1. The molecule has 0 bridgehead atoms. The van der Waals surface area contributed by atoms with Crippen LogP contribution in [-0.2, 0) is 0 Å². The predicted molar refractivity (Wildman–Crippen MR) is 93.3 cm³/mol. The van der Waals surface area contributed by atoms with Crippen molar-refractivity contribution in [2.45, 2.75) is 0 Å². The summed E-state index contributed by atoms with van der Waals surface area (Å²) in [7, 11) is 0. The van der Waals surface area contributed by atoms with Crippen LogP contribution in [0.1, 0.15) is 0 Å². The Labute approximate surface area is 138 Å². The monoisotopic (exact) mass is 324 g/mol. The summed E-state index contributed by atoms with van der Waals surface area (Å²) in [4.78, 5) is 10.4. The number of para-hydroxylation sites is 2. The molecule has 3 rings (SSSR count). The van der Waals surface area contributed by atoms with Gasteiger partial charge in [0.15, 0.2) is 0 Å². The Morgan fingerprint density at radius 3 is 2.26 bits per heavy atom. The van der Waals surface area contributed by atoms with Gasteiger partial charge in [-0.3, -0.25) is 10.1 Å². The fourth-order valence-corrected chi connectivity index (χ4v) is 2.62. The third kappa shape index (κ3) is 3.33. The Bertz CT molecular complexity index is 851. The topological polar surface area (TPSA) is 55.2 Å². The van der Waals surface area contributed by atoms with Crippen LogP contribution in [0.4, 0.5) is 17.1 Å². The summed E-state index contributed by atoms with van der Waals surface area (Å²) >= 11 is 6.25. The first-order chi connectivity index (χ1) is 11.1. The highest BCUT2D eigenvalue weighted by molar-refractivity contribution is 6.33. The van der Waals surface area contributed by atoms with Gasteiger partial charge in [-0.05, 0) is 24.3 Å². The standard InChI is InChI=1S/C18H13ClN2O2/c19-17-12-14(21(22)23)10-11-15(17)16-8-4-5-9-18(16)20-13-6-2-1-3-7-13/h1-12,20H. The van der Waals surface area contributed by atoms with Crippen molar-refractivity contribution < 1.29 is 4.92 Å². The van der Waals surface area contributed by atoms with Crippen LogP contribution in [0.5, 0.6) is 0 Å². The minimum atomic E-state index is -0.455. The summed E-state index contributed by atoms with van der Waals surface area (Å²) in [6.45, 7) is 0. The smallest absolute Gasteiger partial charge is 0.270 e. The van der Waals surface area contributed by atoms with Gasteiger partial charge in [0.2, 0.25) is 0 Å². The van der Waals surface area contributed by atoms with Gasteiger partial charge in [-0.25, -0.2) is 0 Å². The van der Waals surface area contributed by atoms with Crippen molar-refractivity contribution in [3.8, 4) is 11.1 Å². The molecule has 0 aliphatic heterocycles. The first-order valence-corrected chi connectivity index (χ1v) is 7.38. The van der Waals surface area contributed by atoms with Gasteiger partial charge >= 0.3 is 0 Å². The van der Waals surface area contributed by atoms with Crippen LogP contribution in [0.15, 0.2) is 72.8 Å². The number of nitro benzene ring substituents is 1. The average molecular weight is 325 g/mol. The van der Waals surface area contributed by atoms with Gasteiger partial charge < -0.3 is 5.32 Å². The molecule has 0 spiro atoms. The van der Waals surface area contributed by atoms with Crippen LogP contribution in [0.25, 0.3) is 11.1 Å². The van der Waals surface area contributed by atoms with E-state index >= 15 is 0 Å². The minimum absolute atomic E-state index is 0.0211. The summed E-state index contributed by atoms with van der Waals surface area (Å²) in [5.74, 6) is 0. The average Bonchev–Trinajstić information content (AvgIpc) is 2.56. The molecule has 0 heterocycles. The lowest BCUT2D eigenvalue weighted by atomic mass is 10.0. The van der Waals surface area contributed by atoms with Gasteiger partial charge in [0.25, 0.3) is 5.69 Å². The number of benzene rings is 3. The van der Waals surface area contributed by atoms with E-state index < -0.39 is 4.92 Å². The SMILES string of the molecule is O=[N+]([O-])c1ccc(-c2ccccc2Nc2ccccc2)c(Cl)c1. The zero-order valence-corrected chi connectivity index (χ0v) is 12.8. The Kier molecular flexibility index (Phi) is 4.26. The van der Waals surface area contributed by atoms with Crippen molar-refractivity contribution in [3.63, 3.8) is 0 Å². The van der Waals surface area contributed by atoms with E-state index in [1.165, 1.54) is 12.1 Å². The number of hydrogen-bond acceptors (Lipinski definition) is 3. The molecule has 4 nitrogen and oxygen atoms in total. The molecular weight excluding hydrogens is 312 g/mol. The van der Waals surface area contributed by atoms with Crippen molar-refractivity contribution in [2.24, 2.45) is 0 Å². The molecule has 3 aromatic rings. The van der Waals surface area contributed by atoms with E-state index in [1.807, 2.05) is 54.6 Å². The molecule has 0 atom stereocenters. The van der Waals surface area contributed by atoms with Gasteiger partial charge in [0, 0.05) is 34.6 Å². The lowest BCUT2D eigenvalue weighted by Crippen LogP contribution is -1.94. The summed E-state index contributed by atoms with van der Waals surface area (Å²) in [5.41, 5.74) is 3.45. The molecule has 5 heteroatoms. The van der Waals surface area contributed by atoms with E-state index in [0.717, 1.165) is 22.5 Å². The van der Waals surface area contributed by atoms with E-state index in [1.54, 1.807) is 6.07 Å². The van der Waals surface area contributed by atoms with Crippen LogP contribution in [0.2, 0.25) is 5.02 Å². The Morgan fingerprint density at radius 2 is 1.57 bits per heavy atom. The minimum Gasteiger partial charge on any atom is -0.355 e. The lowest BCUT2D eigenvalue weighted by molar-refractivity contribution is -0.384. The molecule has 0 aliphatic rings. The van der Waals surface area contributed by atoms with Gasteiger partial charge in [0.05, 0.1) is 9.95 Å². The zero-order chi connectivity index (χ0) is 16.2. The van der Waals surface area contributed by atoms with Crippen LogP contribution >= 0.6 is 11.6 Å². The maximum absolute atomic E-state index is 10.8. The molecule has 0 amide bonds. The molecule has 3 aromatic carbocycles. The number of nitrogens with one attached hydrogen (secondary N) is 1. The molecular formula is C18H13ClN2O2. The van der Waals surface area contributed by atoms with Crippen molar-refractivity contribution in [2.75, 3.05) is 5.32 Å². The number of anilines is 2. The molecule has 0 aromatic heterocycles. The number of rotatable bonds is 4. The summed E-state index contributed by atoms with van der Waals surface area (Å²) < 4.78 is 0. The zero-order valence-electron chi connectivity index (χ0n) is 12.1. The number of halogens is 1. The normalized spacial score (nSPS) is 10.3. The van der Waals surface area contributed by atoms with E-state index in [-0.39, 0.29) is 5.69 Å². The van der Waals surface area contributed by atoms with E-state index in [0.29, 0.717) is 5.02 Å². The van der Waals surface area contributed by atoms with Crippen LogP contribution in [-0.4, -0.2) is 4.92 Å². The second-order valence-corrected chi connectivity index (χ2v) is 5.37. The number of nitrogens with zero attached hydrogens (tertiary/aromatic N) is 1. The third-order valence-corrected chi connectivity index (χ3v) is 3.75. The van der Waals surface area contributed by atoms with E-state index in [9.17, 15) is 10.1 Å².